The van der Waals surface area contributed by atoms with Crippen molar-refractivity contribution in [3.05, 3.63) is 123 Å². The van der Waals surface area contributed by atoms with Gasteiger partial charge in [0.2, 0.25) is 0 Å². The number of para-hydroxylation sites is 1. The quantitative estimate of drug-likeness (QED) is 0.244. The number of hydrogen-bond acceptors (Lipinski definition) is 8. The smallest absolute Gasteiger partial charge is 0.271 e. The van der Waals surface area contributed by atoms with Crippen LogP contribution in [0, 0.1) is 10.1 Å². The van der Waals surface area contributed by atoms with E-state index >= 15 is 0 Å². The number of benzene rings is 3. The molecule has 10 nitrogen and oxygen atoms in total. The Bertz CT molecular complexity index is 1880. The third-order valence-electron chi connectivity index (χ3n) is 6.28. The largest absolute Gasteiger partial charge is 0.506 e. The number of ether oxygens (including phenoxy) is 1. The van der Waals surface area contributed by atoms with Crippen molar-refractivity contribution in [1.29, 1.82) is 0 Å². The number of rotatable bonds is 6. The highest BCUT2D eigenvalue weighted by atomic mass is 79.9. The van der Waals surface area contributed by atoms with Crippen LogP contribution in [-0.2, 0) is 4.79 Å². The van der Waals surface area contributed by atoms with Crippen LogP contribution in [-0.4, -0.2) is 27.6 Å². The standard InChI is InChI=1S/C28H21BrN4O6S/c1-15-23(26(35)31-18-8-4-3-5-9-18)24(16-7-6-10-20(12-16)39-2)32-27(36)22(40-28(32)30-15)13-17-11-19(33(37)38)14-21(29)25(17)34/h3-14,24,34H,1-2H3,(H,31,35)/b22-13-/t24-/m1/s1. The summed E-state index contributed by atoms with van der Waals surface area (Å²) in [6.07, 6.45) is 1.38. The van der Waals surface area contributed by atoms with Crippen LogP contribution in [0.25, 0.3) is 6.08 Å². The van der Waals surface area contributed by atoms with Crippen LogP contribution in [0.15, 0.2) is 92.3 Å². The normalized spacial score (nSPS) is 14.9. The summed E-state index contributed by atoms with van der Waals surface area (Å²) < 4.78 is 7.11. The molecule has 3 aromatic carbocycles. The van der Waals surface area contributed by atoms with E-state index in [0.717, 1.165) is 11.3 Å². The van der Waals surface area contributed by atoms with Gasteiger partial charge in [0.1, 0.15) is 11.5 Å². The molecule has 0 bridgehead atoms. The number of nitro groups is 1. The number of amides is 1. The predicted molar refractivity (Wildman–Crippen MR) is 154 cm³/mol. The molecule has 5 rings (SSSR count). The molecule has 2 N–H and O–H groups in total. The zero-order valence-electron chi connectivity index (χ0n) is 21.1. The van der Waals surface area contributed by atoms with Gasteiger partial charge < -0.3 is 15.2 Å². The number of nitrogens with one attached hydrogen (secondary N) is 1. The van der Waals surface area contributed by atoms with E-state index in [4.69, 9.17) is 4.74 Å². The fourth-order valence-electron chi connectivity index (χ4n) is 4.42. The van der Waals surface area contributed by atoms with Crippen LogP contribution in [0.3, 0.4) is 0 Å². The number of halogens is 1. The van der Waals surface area contributed by atoms with Gasteiger partial charge in [0.15, 0.2) is 4.80 Å². The zero-order chi connectivity index (χ0) is 28.6. The maximum absolute atomic E-state index is 13.9. The fraction of sp³-hybridized carbons (Fsp3) is 0.107. The van der Waals surface area contributed by atoms with Crippen molar-refractivity contribution in [3.63, 3.8) is 0 Å². The topological polar surface area (TPSA) is 136 Å². The van der Waals surface area contributed by atoms with Crippen LogP contribution in [0.5, 0.6) is 11.5 Å². The second-order valence-corrected chi connectivity index (χ2v) is 10.7. The Morgan fingerprint density at radius 2 is 1.95 bits per heavy atom. The van der Waals surface area contributed by atoms with E-state index in [2.05, 4.69) is 26.2 Å². The number of non-ortho nitro benzene ring substituents is 1. The average Bonchev–Trinajstić information content (AvgIpc) is 3.24. The van der Waals surface area contributed by atoms with Gasteiger partial charge in [-0.1, -0.05) is 41.7 Å². The molecule has 40 heavy (non-hydrogen) atoms. The minimum Gasteiger partial charge on any atom is -0.506 e. The molecule has 1 atom stereocenters. The number of carbonyl (C=O) groups excluding carboxylic acids is 1. The summed E-state index contributed by atoms with van der Waals surface area (Å²) in [6.45, 7) is 1.70. The first-order chi connectivity index (χ1) is 19.2. The average molecular weight is 621 g/mol. The number of aromatic hydroxyl groups is 1. The SMILES string of the molecule is COc1cccc([C@@H]2C(C(=O)Nc3ccccc3)=C(C)N=c3s/c(=C\c4cc([N+](=O)[O-])cc(Br)c4O)c(=O)n32)c1. The molecular formula is C28H21BrN4O6S. The number of phenolic OH excluding ortho intramolecular Hbond substituents is 1. The third kappa shape index (κ3) is 5.06. The Labute approximate surface area is 239 Å². The summed E-state index contributed by atoms with van der Waals surface area (Å²) in [7, 11) is 1.53. The van der Waals surface area contributed by atoms with Crippen molar-refractivity contribution in [1.82, 2.24) is 4.57 Å². The zero-order valence-corrected chi connectivity index (χ0v) is 23.5. The Hall–Kier alpha value is -4.55. The summed E-state index contributed by atoms with van der Waals surface area (Å²) in [5.41, 5.74) is 1.26. The van der Waals surface area contributed by atoms with Gasteiger partial charge in [-0.3, -0.25) is 24.3 Å². The first-order valence-corrected chi connectivity index (χ1v) is 13.5. The molecule has 0 spiro atoms. The van der Waals surface area contributed by atoms with E-state index in [-0.39, 0.29) is 31.6 Å². The highest BCUT2D eigenvalue weighted by Gasteiger charge is 2.33. The third-order valence-corrected chi connectivity index (χ3v) is 7.87. The highest BCUT2D eigenvalue weighted by molar-refractivity contribution is 9.10. The lowest BCUT2D eigenvalue weighted by Gasteiger charge is -2.25. The van der Waals surface area contributed by atoms with Crippen LogP contribution in [0.1, 0.15) is 24.1 Å². The summed E-state index contributed by atoms with van der Waals surface area (Å²) in [5, 5.41) is 24.8. The second-order valence-electron chi connectivity index (χ2n) is 8.80. The van der Waals surface area contributed by atoms with E-state index < -0.39 is 22.4 Å². The van der Waals surface area contributed by atoms with Gasteiger partial charge in [0.25, 0.3) is 17.2 Å². The number of aromatic nitrogens is 1. The van der Waals surface area contributed by atoms with Crippen LogP contribution < -0.4 is 24.9 Å². The number of nitro benzene ring substituents is 1. The van der Waals surface area contributed by atoms with E-state index in [1.54, 1.807) is 55.5 Å². The lowest BCUT2D eigenvalue weighted by atomic mass is 9.95. The number of methoxy groups -OCH3 is 1. The molecule has 1 aliphatic rings. The van der Waals surface area contributed by atoms with E-state index in [1.165, 1.54) is 29.9 Å². The maximum Gasteiger partial charge on any atom is 0.271 e. The summed E-state index contributed by atoms with van der Waals surface area (Å²) >= 11 is 4.18. The van der Waals surface area contributed by atoms with Gasteiger partial charge in [-0.25, -0.2) is 4.99 Å². The second kappa shape index (κ2) is 10.9. The Balaban J connectivity index is 1.71. The molecule has 202 valence electrons. The van der Waals surface area contributed by atoms with Crippen molar-refractivity contribution in [2.45, 2.75) is 13.0 Å². The number of fused-ring (bicyclic) bond motifs is 1. The molecule has 0 unspecified atom stereocenters. The summed E-state index contributed by atoms with van der Waals surface area (Å²) in [5.74, 6) is -0.127. The number of thiazole rings is 1. The minimum absolute atomic E-state index is 0.0852. The molecule has 0 aliphatic carbocycles. The Morgan fingerprint density at radius 3 is 2.65 bits per heavy atom. The van der Waals surface area contributed by atoms with Gasteiger partial charge in [-0.15, -0.1) is 0 Å². The Morgan fingerprint density at radius 1 is 1.20 bits per heavy atom. The molecule has 1 amide bonds. The van der Waals surface area contributed by atoms with Crippen molar-refractivity contribution in [2.75, 3.05) is 12.4 Å². The summed E-state index contributed by atoms with van der Waals surface area (Å²) in [6, 6.07) is 17.5. The van der Waals surface area contributed by atoms with Crippen LogP contribution >= 0.6 is 27.3 Å². The van der Waals surface area contributed by atoms with E-state index in [0.29, 0.717) is 27.5 Å². The van der Waals surface area contributed by atoms with Crippen LogP contribution in [0.2, 0.25) is 0 Å². The first kappa shape index (κ1) is 27.0. The number of hydrogen-bond donors (Lipinski definition) is 2. The van der Waals surface area contributed by atoms with Crippen LogP contribution in [0.4, 0.5) is 11.4 Å². The molecule has 0 fully saturated rings. The number of allylic oxidation sites excluding steroid dienone is 1. The van der Waals surface area contributed by atoms with Crippen molar-refractivity contribution in [2.24, 2.45) is 4.99 Å². The summed E-state index contributed by atoms with van der Waals surface area (Å²) in [4.78, 5) is 43.2. The van der Waals surface area contributed by atoms with E-state index in [9.17, 15) is 24.8 Å². The molecule has 1 aromatic heterocycles. The molecule has 0 radical (unpaired) electrons. The Kier molecular flexibility index (Phi) is 7.37. The van der Waals surface area contributed by atoms with Gasteiger partial charge in [-0.2, -0.15) is 0 Å². The van der Waals surface area contributed by atoms with Gasteiger partial charge in [0, 0.05) is 23.4 Å². The number of phenols is 1. The highest BCUT2D eigenvalue weighted by Crippen LogP contribution is 2.34. The monoisotopic (exact) mass is 620 g/mol. The molecule has 12 heteroatoms. The molecule has 1 aliphatic heterocycles. The predicted octanol–water partition coefficient (Wildman–Crippen LogP) is 4.26. The van der Waals surface area contributed by atoms with Crippen molar-refractivity contribution >= 4 is 50.6 Å². The molecule has 2 heterocycles. The van der Waals surface area contributed by atoms with E-state index in [1.807, 2.05) is 6.07 Å². The molecular weight excluding hydrogens is 600 g/mol. The van der Waals surface area contributed by atoms with Gasteiger partial charge >= 0.3 is 0 Å². The van der Waals surface area contributed by atoms with Gasteiger partial charge in [0.05, 0.1) is 38.4 Å². The maximum atomic E-state index is 13.9. The number of anilines is 1. The van der Waals surface area contributed by atoms with Crippen molar-refractivity contribution < 1.29 is 19.6 Å². The fourth-order valence-corrected chi connectivity index (χ4v) is 5.92. The van der Waals surface area contributed by atoms with Crippen molar-refractivity contribution in [3.8, 4) is 11.5 Å². The number of nitrogens with zero attached hydrogens (tertiary/aromatic N) is 3. The lowest BCUT2D eigenvalue weighted by Crippen LogP contribution is -2.40. The molecule has 4 aromatic rings. The minimum atomic E-state index is -0.845. The lowest BCUT2D eigenvalue weighted by molar-refractivity contribution is -0.385. The number of carbonyl (C=O) groups is 1. The first-order valence-electron chi connectivity index (χ1n) is 11.9. The molecule has 0 saturated carbocycles. The van der Waals surface area contributed by atoms with Gasteiger partial charge in [-0.05, 0) is 58.8 Å². The molecule has 0 saturated heterocycles.